The van der Waals surface area contributed by atoms with Crippen molar-refractivity contribution in [1.82, 2.24) is 4.98 Å². The minimum atomic E-state index is -2.98. The van der Waals surface area contributed by atoms with Gasteiger partial charge < -0.3 is 20.0 Å². The van der Waals surface area contributed by atoms with Crippen molar-refractivity contribution in [3.63, 3.8) is 0 Å². The lowest BCUT2D eigenvalue weighted by Gasteiger charge is -2.06. The van der Waals surface area contributed by atoms with Crippen LogP contribution in [0, 0.1) is 10.1 Å². The van der Waals surface area contributed by atoms with Gasteiger partial charge in [0.2, 0.25) is 0 Å². The van der Waals surface area contributed by atoms with Gasteiger partial charge in [0.25, 0.3) is 5.69 Å². The predicted molar refractivity (Wildman–Crippen MR) is 48.3 cm³/mol. The molecule has 1 rings (SSSR count). The number of alkyl halides is 2. The molecule has 1 aromatic heterocycles. The summed E-state index contributed by atoms with van der Waals surface area (Å²) in [5.41, 5.74) is -0.988. The van der Waals surface area contributed by atoms with Crippen molar-refractivity contribution in [3.05, 3.63) is 27.4 Å². The van der Waals surface area contributed by atoms with Crippen molar-refractivity contribution < 1.29 is 23.5 Å². The van der Waals surface area contributed by atoms with Crippen molar-refractivity contribution in [1.29, 1.82) is 0 Å². The predicted octanol–water partition coefficient (Wildman–Crippen LogP) is 1.43. The molecule has 0 spiro atoms. The average Bonchev–Trinajstić information content (AvgIpc) is 2.26. The van der Waals surface area contributed by atoms with Gasteiger partial charge in [0, 0.05) is 0 Å². The van der Waals surface area contributed by atoms with Crippen LogP contribution in [0.3, 0.4) is 0 Å². The van der Waals surface area contributed by atoms with Crippen LogP contribution in [0.2, 0.25) is 0 Å². The van der Waals surface area contributed by atoms with Gasteiger partial charge in [-0.3, -0.25) is 0 Å². The van der Waals surface area contributed by atoms with Crippen LogP contribution < -0.4 is 4.74 Å². The molecule has 0 atom stereocenters. The first kappa shape index (κ1) is 12.2. The quantitative estimate of drug-likeness (QED) is 0.629. The maximum Gasteiger partial charge on any atom is 0.369 e. The average molecular weight is 234 g/mol. The Balaban J connectivity index is 3.40. The number of hydrogen-bond acceptors (Lipinski definition) is 5. The number of aliphatic hydroxyl groups is 1. The molecule has 6 nitrogen and oxygen atoms in total. The number of pyridine rings is 1. The normalized spacial score (nSPS) is 10.6. The maximum absolute atomic E-state index is 12.5. The van der Waals surface area contributed by atoms with Gasteiger partial charge in [-0.2, -0.15) is 0 Å². The highest BCUT2D eigenvalue weighted by Crippen LogP contribution is 2.31. The molecule has 0 amide bonds. The Morgan fingerprint density at radius 1 is 1.69 bits per heavy atom. The maximum atomic E-state index is 12.5. The van der Waals surface area contributed by atoms with Gasteiger partial charge in [-0.05, 0) is 16.0 Å². The fourth-order valence-electron chi connectivity index (χ4n) is 1.13. The standard InChI is InChI=1S/C8H8F2N2O4/c1-16-5-2-4(3-13)8(12(14)15)11-6(5)7(9)10/h2,7,13H,3H2,1H3. The Labute approximate surface area is 88.6 Å². The Kier molecular flexibility index (Phi) is 3.67. The number of nitrogens with zero attached hydrogens (tertiary/aromatic N) is 2. The molecule has 0 saturated carbocycles. The number of rotatable bonds is 4. The van der Waals surface area contributed by atoms with E-state index in [1.165, 1.54) is 0 Å². The first-order valence-corrected chi connectivity index (χ1v) is 4.12. The Hall–Kier alpha value is -1.83. The summed E-state index contributed by atoms with van der Waals surface area (Å²) in [5.74, 6) is -1.08. The van der Waals surface area contributed by atoms with Crippen molar-refractivity contribution in [2.24, 2.45) is 0 Å². The van der Waals surface area contributed by atoms with E-state index in [0.29, 0.717) is 0 Å². The van der Waals surface area contributed by atoms with Crippen LogP contribution in [0.15, 0.2) is 6.07 Å². The molecule has 0 fully saturated rings. The van der Waals surface area contributed by atoms with E-state index < -0.39 is 29.5 Å². The topological polar surface area (TPSA) is 85.5 Å². The number of nitro groups is 1. The third kappa shape index (κ3) is 2.22. The number of hydrogen-bond donors (Lipinski definition) is 1. The molecule has 0 aliphatic carbocycles. The number of aliphatic hydroxyl groups excluding tert-OH is 1. The zero-order valence-corrected chi connectivity index (χ0v) is 8.18. The minimum Gasteiger partial charge on any atom is -0.492 e. The van der Waals surface area contributed by atoms with Crippen LogP contribution in [0.25, 0.3) is 0 Å². The van der Waals surface area contributed by atoms with Crippen LogP contribution in [-0.2, 0) is 6.61 Å². The smallest absolute Gasteiger partial charge is 0.369 e. The summed E-state index contributed by atoms with van der Waals surface area (Å²) in [6, 6.07) is 0.979. The van der Waals surface area contributed by atoms with Crippen LogP contribution in [0.5, 0.6) is 5.75 Å². The zero-order chi connectivity index (χ0) is 12.3. The van der Waals surface area contributed by atoms with Gasteiger partial charge in [-0.25, -0.2) is 8.78 Å². The molecule has 0 aliphatic rings. The Morgan fingerprint density at radius 2 is 2.31 bits per heavy atom. The van der Waals surface area contributed by atoms with Crippen molar-refractivity contribution >= 4 is 5.82 Å². The fraction of sp³-hybridized carbons (Fsp3) is 0.375. The second-order valence-electron chi connectivity index (χ2n) is 2.77. The monoisotopic (exact) mass is 234 g/mol. The van der Waals surface area contributed by atoms with E-state index in [0.717, 1.165) is 13.2 Å². The lowest BCUT2D eigenvalue weighted by atomic mass is 10.2. The molecule has 16 heavy (non-hydrogen) atoms. The molecule has 0 radical (unpaired) electrons. The van der Waals surface area contributed by atoms with Crippen molar-refractivity contribution in [2.75, 3.05) is 7.11 Å². The summed E-state index contributed by atoms with van der Waals surface area (Å²) in [6.07, 6.45) is -2.98. The van der Waals surface area contributed by atoms with E-state index in [1.807, 2.05) is 0 Å². The Morgan fingerprint density at radius 3 is 2.69 bits per heavy atom. The lowest BCUT2D eigenvalue weighted by Crippen LogP contribution is -2.04. The molecule has 0 aliphatic heterocycles. The molecule has 8 heteroatoms. The van der Waals surface area contributed by atoms with Gasteiger partial charge in [-0.1, -0.05) is 0 Å². The molecular formula is C8H8F2N2O4. The molecule has 88 valence electrons. The van der Waals surface area contributed by atoms with Crippen LogP contribution >= 0.6 is 0 Å². The number of aromatic nitrogens is 1. The first-order valence-electron chi connectivity index (χ1n) is 4.12. The SMILES string of the molecule is COc1cc(CO)c([N+](=O)[O-])nc1C(F)F. The molecule has 1 heterocycles. The summed E-state index contributed by atoms with van der Waals surface area (Å²) in [4.78, 5) is 12.7. The van der Waals surface area contributed by atoms with Gasteiger partial charge in [0.15, 0.2) is 5.75 Å². The Bertz CT molecular complexity index is 411. The van der Waals surface area contributed by atoms with Gasteiger partial charge in [0.1, 0.15) is 0 Å². The van der Waals surface area contributed by atoms with Crippen LogP contribution in [0.4, 0.5) is 14.6 Å². The minimum absolute atomic E-state index is 0.175. The summed E-state index contributed by atoms with van der Waals surface area (Å²) < 4.78 is 29.5. The van der Waals surface area contributed by atoms with Gasteiger partial charge in [0.05, 0.1) is 19.3 Å². The second kappa shape index (κ2) is 4.79. The first-order chi connectivity index (χ1) is 7.51. The van der Waals surface area contributed by atoms with Crippen LogP contribution in [-0.4, -0.2) is 22.1 Å². The van der Waals surface area contributed by atoms with Gasteiger partial charge in [-0.15, -0.1) is 0 Å². The van der Waals surface area contributed by atoms with E-state index in [1.54, 1.807) is 0 Å². The third-order valence-electron chi connectivity index (χ3n) is 1.84. The van der Waals surface area contributed by atoms with E-state index in [9.17, 15) is 18.9 Å². The van der Waals surface area contributed by atoms with E-state index in [4.69, 9.17) is 5.11 Å². The molecular weight excluding hydrogens is 226 g/mol. The van der Waals surface area contributed by atoms with Crippen molar-refractivity contribution in [3.8, 4) is 5.75 Å². The highest BCUT2D eigenvalue weighted by atomic mass is 19.3. The molecule has 0 aromatic carbocycles. The summed E-state index contributed by atoms with van der Waals surface area (Å²) >= 11 is 0. The molecule has 1 aromatic rings. The number of halogens is 2. The zero-order valence-electron chi connectivity index (χ0n) is 8.18. The van der Waals surface area contributed by atoms with Crippen LogP contribution in [0.1, 0.15) is 17.7 Å². The highest BCUT2D eigenvalue weighted by molar-refractivity contribution is 5.42. The molecule has 1 N–H and O–H groups in total. The third-order valence-corrected chi connectivity index (χ3v) is 1.84. The molecule has 0 saturated heterocycles. The summed E-state index contributed by atoms with van der Waals surface area (Å²) in [6.45, 7) is -0.677. The second-order valence-corrected chi connectivity index (χ2v) is 2.77. The summed E-state index contributed by atoms with van der Waals surface area (Å²) in [5, 5.41) is 19.3. The largest absolute Gasteiger partial charge is 0.492 e. The van der Waals surface area contributed by atoms with Gasteiger partial charge >= 0.3 is 12.2 Å². The van der Waals surface area contributed by atoms with Crippen molar-refractivity contribution in [2.45, 2.75) is 13.0 Å². The fourth-order valence-corrected chi connectivity index (χ4v) is 1.13. The summed E-state index contributed by atoms with van der Waals surface area (Å²) in [7, 11) is 1.13. The molecule has 0 unspecified atom stereocenters. The van der Waals surface area contributed by atoms with E-state index in [2.05, 4.69) is 9.72 Å². The highest BCUT2D eigenvalue weighted by Gasteiger charge is 2.27. The lowest BCUT2D eigenvalue weighted by molar-refractivity contribution is -0.390. The van der Waals surface area contributed by atoms with E-state index >= 15 is 0 Å². The number of ether oxygens (including phenoxy) is 1. The molecule has 0 bridgehead atoms. The van der Waals surface area contributed by atoms with E-state index in [-0.39, 0.29) is 11.3 Å². The number of methoxy groups -OCH3 is 1.